The Morgan fingerprint density at radius 2 is 2.00 bits per heavy atom. The summed E-state index contributed by atoms with van der Waals surface area (Å²) < 4.78 is 10.1. The molecule has 0 spiro atoms. The van der Waals surface area contributed by atoms with E-state index in [1.807, 2.05) is 20.8 Å². The molecule has 6 nitrogen and oxygen atoms in total. The summed E-state index contributed by atoms with van der Waals surface area (Å²) in [5, 5.41) is 3.16. The quantitative estimate of drug-likeness (QED) is 0.692. The number of piperazine rings is 1. The maximum absolute atomic E-state index is 12.0. The second-order valence-corrected chi connectivity index (χ2v) is 5.80. The van der Waals surface area contributed by atoms with E-state index in [4.69, 9.17) is 9.47 Å². The lowest BCUT2D eigenvalue weighted by Crippen LogP contribution is -2.57. The molecule has 0 aliphatic carbocycles. The minimum Gasteiger partial charge on any atom is -0.468 e. The molecule has 102 valence electrons. The average Bonchev–Trinajstić information content (AvgIpc) is 2.84. The number of carbonyl (C=O) groups is 2. The number of amides is 1. The van der Waals surface area contributed by atoms with E-state index in [1.54, 1.807) is 4.90 Å². The highest BCUT2D eigenvalue weighted by molar-refractivity contribution is 5.79. The molecule has 2 aliphatic heterocycles. The van der Waals surface area contributed by atoms with Gasteiger partial charge in [-0.05, 0) is 27.2 Å². The zero-order chi connectivity index (χ0) is 13.5. The monoisotopic (exact) mass is 256 g/mol. The molecule has 3 atom stereocenters. The molecule has 0 radical (unpaired) electrons. The van der Waals surface area contributed by atoms with Gasteiger partial charge in [0.25, 0.3) is 0 Å². The number of esters is 1. The molecule has 18 heavy (non-hydrogen) atoms. The van der Waals surface area contributed by atoms with Crippen LogP contribution in [0.15, 0.2) is 0 Å². The second kappa shape index (κ2) is 4.42. The van der Waals surface area contributed by atoms with Crippen LogP contribution in [0.5, 0.6) is 0 Å². The first-order valence-corrected chi connectivity index (χ1v) is 6.15. The molecule has 0 saturated carbocycles. The van der Waals surface area contributed by atoms with Crippen molar-refractivity contribution < 1.29 is 19.1 Å². The summed E-state index contributed by atoms with van der Waals surface area (Å²) in [6.07, 6.45) is 0.421. The van der Waals surface area contributed by atoms with Crippen LogP contribution in [0.2, 0.25) is 0 Å². The molecule has 1 amide bonds. The summed E-state index contributed by atoms with van der Waals surface area (Å²) in [6, 6.07) is -0.426. The molecule has 2 aliphatic rings. The smallest absolute Gasteiger partial charge is 0.410 e. The number of likely N-dealkylation sites (tertiary alicyclic amines) is 1. The second-order valence-electron chi connectivity index (χ2n) is 5.80. The van der Waals surface area contributed by atoms with Crippen LogP contribution in [-0.2, 0) is 14.3 Å². The van der Waals surface area contributed by atoms with Crippen molar-refractivity contribution in [3.8, 4) is 0 Å². The number of methoxy groups -OCH3 is 1. The van der Waals surface area contributed by atoms with E-state index >= 15 is 0 Å². The SMILES string of the molecule is COC(=O)C1N[C@H]2C[C@@H]1N(C(=O)OC(C)(C)C)C2. The maximum atomic E-state index is 12.0. The van der Waals surface area contributed by atoms with E-state index in [2.05, 4.69) is 5.32 Å². The number of hydrogen-bond acceptors (Lipinski definition) is 5. The van der Waals surface area contributed by atoms with Crippen LogP contribution in [0.25, 0.3) is 0 Å². The van der Waals surface area contributed by atoms with Crippen LogP contribution in [-0.4, -0.2) is 54.3 Å². The first-order valence-electron chi connectivity index (χ1n) is 6.15. The highest BCUT2D eigenvalue weighted by Gasteiger charge is 2.51. The van der Waals surface area contributed by atoms with E-state index < -0.39 is 11.6 Å². The van der Waals surface area contributed by atoms with Crippen molar-refractivity contribution in [2.24, 2.45) is 0 Å². The van der Waals surface area contributed by atoms with Gasteiger partial charge in [0.1, 0.15) is 11.6 Å². The number of nitrogens with zero attached hydrogens (tertiary/aromatic N) is 1. The summed E-state index contributed by atoms with van der Waals surface area (Å²) in [4.78, 5) is 25.3. The first kappa shape index (κ1) is 13.1. The molecule has 2 fully saturated rings. The van der Waals surface area contributed by atoms with Crippen LogP contribution >= 0.6 is 0 Å². The third-order valence-electron chi connectivity index (χ3n) is 3.23. The molecule has 0 aromatic carbocycles. The Kier molecular flexibility index (Phi) is 3.23. The molecule has 2 saturated heterocycles. The van der Waals surface area contributed by atoms with Crippen molar-refractivity contribution in [3.63, 3.8) is 0 Å². The number of carbonyl (C=O) groups excluding carboxylic acids is 2. The third-order valence-corrected chi connectivity index (χ3v) is 3.23. The Morgan fingerprint density at radius 1 is 1.33 bits per heavy atom. The summed E-state index contributed by atoms with van der Waals surface area (Å²) >= 11 is 0. The van der Waals surface area contributed by atoms with Crippen molar-refractivity contribution in [1.82, 2.24) is 10.2 Å². The van der Waals surface area contributed by atoms with Crippen LogP contribution in [0, 0.1) is 0 Å². The van der Waals surface area contributed by atoms with Gasteiger partial charge in [0.15, 0.2) is 0 Å². The van der Waals surface area contributed by atoms with E-state index in [1.165, 1.54) is 7.11 Å². The predicted molar refractivity (Wildman–Crippen MR) is 64.1 cm³/mol. The molecule has 2 bridgehead atoms. The molecule has 0 aromatic heterocycles. The van der Waals surface area contributed by atoms with E-state index in [0.717, 1.165) is 6.42 Å². The van der Waals surface area contributed by atoms with Crippen LogP contribution < -0.4 is 5.32 Å². The molecular formula is C12H20N2O4. The fourth-order valence-corrected chi connectivity index (χ4v) is 2.55. The van der Waals surface area contributed by atoms with Crippen LogP contribution in [0.1, 0.15) is 27.2 Å². The number of fused-ring (bicyclic) bond motifs is 2. The molecule has 2 heterocycles. The Balaban J connectivity index is 2.04. The van der Waals surface area contributed by atoms with Gasteiger partial charge in [-0.15, -0.1) is 0 Å². The standard InChI is InChI=1S/C12H20N2O4/c1-12(2,3)18-11(16)14-6-7-5-8(14)9(13-7)10(15)17-4/h7-9,13H,5-6H2,1-4H3/t7-,8-,9?/m0/s1. The highest BCUT2D eigenvalue weighted by atomic mass is 16.6. The average molecular weight is 256 g/mol. The summed E-state index contributed by atoms with van der Waals surface area (Å²) in [5.41, 5.74) is -0.521. The molecule has 1 unspecified atom stereocenters. The third kappa shape index (κ3) is 2.43. The number of hydrogen-bond donors (Lipinski definition) is 1. The van der Waals surface area contributed by atoms with Gasteiger partial charge in [0, 0.05) is 12.6 Å². The summed E-state index contributed by atoms with van der Waals surface area (Å²) in [6.45, 7) is 6.08. The van der Waals surface area contributed by atoms with Crippen molar-refractivity contribution in [1.29, 1.82) is 0 Å². The summed E-state index contributed by atoms with van der Waals surface area (Å²) in [5.74, 6) is -0.323. The topological polar surface area (TPSA) is 67.9 Å². The zero-order valence-electron chi connectivity index (χ0n) is 11.2. The molecule has 0 aromatic rings. The van der Waals surface area contributed by atoms with Crippen molar-refractivity contribution in [2.45, 2.75) is 50.9 Å². The number of rotatable bonds is 1. The Morgan fingerprint density at radius 3 is 2.50 bits per heavy atom. The van der Waals surface area contributed by atoms with Crippen molar-refractivity contribution >= 4 is 12.1 Å². The van der Waals surface area contributed by atoms with Crippen molar-refractivity contribution in [3.05, 3.63) is 0 Å². The molecule has 6 heteroatoms. The van der Waals surface area contributed by atoms with E-state index in [9.17, 15) is 9.59 Å². The van der Waals surface area contributed by atoms with Gasteiger partial charge in [-0.2, -0.15) is 0 Å². The van der Waals surface area contributed by atoms with E-state index in [-0.39, 0.29) is 24.1 Å². The fourth-order valence-electron chi connectivity index (χ4n) is 2.55. The largest absolute Gasteiger partial charge is 0.468 e. The molecule has 2 rings (SSSR count). The molecule has 1 N–H and O–H groups in total. The minimum absolute atomic E-state index is 0.155. The van der Waals surface area contributed by atoms with Crippen LogP contribution in [0.3, 0.4) is 0 Å². The lowest BCUT2D eigenvalue weighted by atomic mass is 10.1. The van der Waals surface area contributed by atoms with Gasteiger partial charge in [-0.25, -0.2) is 4.79 Å². The lowest BCUT2D eigenvalue weighted by molar-refractivity contribution is -0.144. The molecular weight excluding hydrogens is 236 g/mol. The predicted octanol–water partition coefficient (Wildman–Crippen LogP) is 0.509. The van der Waals surface area contributed by atoms with Gasteiger partial charge in [0.2, 0.25) is 0 Å². The zero-order valence-corrected chi connectivity index (χ0v) is 11.2. The highest BCUT2D eigenvalue weighted by Crippen LogP contribution is 2.30. The Bertz CT molecular complexity index is 364. The summed E-state index contributed by atoms with van der Waals surface area (Å²) in [7, 11) is 1.35. The Labute approximate surface area is 107 Å². The van der Waals surface area contributed by atoms with Gasteiger partial charge >= 0.3 is 12.1 Å². The first-order chi connectivity index (χ1) is 8.31. The van der Waals surface area contributed by atoms with Gasteiger partial charge in [-0.1, -0.05) is 0 Å². The Hall–Kier alpha value is -1.30. The van der Waals surface area contributed by atoms with E-state index in [0.29, 0.717) is 6.54 Å². The number of ether oxygens (including phenoxy) is 2. The van der Waals surface area contributed by atoms with Gasteiger partial charge < -0.3 is 14.4 Å². The number of nitrogens with one attached hydrogen (secondary N) is 1. The van der Waals surface area contributed by atoms with Gasteiger partial charge in [-0.3, -0.25) is 10.1 Å². The van der Waals surface area contributed by atoms with Crippen molar-refractivity contribution in [2.75, 3.05) is 13.7 Å². The minimum atomic E-state index is -0.521. The lowest BCUT2D eigenvalue weighted by Gasteiger charge is -2.33. The fraction of sp³-hybridized carbons (Fsp3) is 0.833. The maximum Gasteiger partial charge on any atom is 0.410 e. The van der Waals surface area contributed by atoms with Gasteiger partial charge in [0.05, 0.1) is 13.2 Å². The normalized spacial score (nSPS) is 30.4. The van der Waals surface area contributed by atoms with Crippen LogP contribution in [0.4, 0.5) is 4.79 Å².